The van der Waals surface area contributed by atoms with E-state index in [4.69, 9.17) is 11.6 Å². The third kappa shape index (κ3) is 5.38. The van der Waals surface area contributed by atoms with E-state index < -0.39 is 9.85 Å². The first kappa shape index (κ1) is 20.1. The third-order valence-corrected chi connectivity index (χ3v) is 4.20. The Labute approximate surface area is 159 Å². The molecular weight excluding hydrogens is 376 g/mol. The van der Waals surface area contributed by atoms with Gasteiger partial charge in [0, 0.05) is 49.8 Å². The Morgan fingerprint density at radius 3 is 2.52 bits per heavy atom. The minimum absolute atomic E-state index is 0.0679. The number of para-hydroxylation sites is 2. The Kier molecular flexibility index (Phi) is 6.67. The molecule has 1 amide bonds. The van der Waals surface area contributed by atoms with Crippen LogP contribution in [0.25, 0.3) is 0 Å². The highest BCUT2D eigenvalue weighted by atomic mass is 35.5. The fourth-order valence-electron chi connectivity index (χ4n) is 2.42. The smallest absolute Gasteiger partial charge is 0.292 e. The summed E-state index contributed by atoms with van der Waals surface area (Å²) in [5.74, 6) is -0.233. The molecule has 0 saturated heterocycles. The van der Waals surface area contributed by atoms with Crippen molar-refractivity contribution in [2.45, 2.75) is 13.0 Å². The van der Waals surface area contributed by atoms with E-state index >= 15 is 0 Å². The summed E-state index contributed by atoms with van der Waals surface area (Å²) in [7, 11) is 1.56. The molecule has 0 aliphatic heterocycles. The number of rotatable bonds is 8. The van der Waals surface area contributed by atoms with Gasteiger partial charge in [-0.15, -0.1) is 0 Å². The predicted molar refractivity (Wildman–Crippen MR) is 101 cm³/mol. The SMILES string of the molecule is CN(Cc1cc([N+](=O)[O-])ccc1Cl)C(=O)CCNc1ccccc1[N+](=O)[O-]. The summed E-state index contributed by atoms with van der Waals surface area (Å²) < 4.78 is 0. The van der Waals surface area contributed by atoms with Crippen LogP contribution in [-0.4, -0.2) is 34.2 Å². The van der Waals surface area contributed by atoms with Gasteiger partial charge in [-0.05, 0) is 17.7 Å². The summed E-state index contributed by atoms with van der Waals surface area (Å²) in [5.41, 5.74) is 0.628. The maximum absolute atomic E-state index is 12.3. The average Bonchev–Trinajstić information content (AvgIpc) is 2.63. The van der Waals surface area contributed by atoms with Crippen LogP contribution in [0.15, 0.2) is 42.5 Å². The summed E-state index contributed by atoms with van der Waals surface area (Å²) in [6.07, 6.45) is 0.0924. The lowest BCUT2D eigenvalue weighted by Crippen LogP contribution is -2.28. The van der Waals surface area contributed by atoms with E-state index in [2.05, 4.69) is 5.32 Å². The number of amides is 1. The number of benzene rings is 2. The van der Waals surface area contributed by atoms with Gasteiger partial charge in [-0.2, -0.15) is 0 Å². The van der Waals surface area contributed by atoms with Crippen LogP contribution in [0.2, 0.25) is 5.02 Å². The topological polar surface area (TPSA) is 119 Å². The maximum atomic E-state index is 12.3. The molecule has 0 atom stereocenters. The van der Waals surface area contributed by atoms with Gasteiger partial charge in [0.1, 0.15) is 5.69 Å². The number of nitro groups is 2. The first-order chi connectivity index (χ1) is 12.8. The number of hydrogen-bond donors (Lipinski definition) is 1. The van der Waals surface area contributed by atoms with E-state index in [1.54, 1.807) is 25.2 Å². The van der Waals surface area contributed by atoms with Gasteiger partial charge in [-0.1, -0.05) is 23.7 Å². The summed E-state index contributed by atoms with van der Waals surface area (Å²) >= 11 is 6.04. The van der Waals surface area contributed by atoms with Crippen molar-refractivity contribution < 1.29 is 14.6 Å². The number of non-ortho nitro benzene ring substituents is 1. The zero-order valence-electron chi connectivity index (χ0n) is 14.4. The minimum Gasteiger partial charge on any atom is -0.379 e. The fraction of sp³-hybridized carbons (Fsp3) is 0.235. The molecule has 1 N–H and O–H groups in total. The molecule has 0 fully saturated rings. The Morgan fingerprint density at radius 1 is 1.15 bits per heavy atom. The van der Waals surface area contributed by atoms with Gasteiger partial charge in [-0.25, -0.2) is 0 Å². The normalized spacial score (nSPS) is 10.3. The molecule has 10 heteroatoms. The molecule has 0 aliphatic rings. The summed E-state index contributed by atoms with van der Waals surface area (Å²) in [5, 5.41) is 25.0. The van der Waals surface area contributed by atoms with E-state index in [0.29, 0.717) is 16.3 Å². The van der Waals surface area contributed by atoms with E-state index in [1.807, 2.05) is 0 Å². The zero-order chi connectivity index (χ0) is 20.0. The van der Waals surface area contributed by atoms with Crippen molar-refractivity contribution in [2.24, 2.45) is 0 Å². The molecule has 2 aromatic rings. The minimum atomic E-state index is -0.529. The summed E-state index contributed by atoms with van der Waals surface area (Å²) in [6, 6.07) is 10.2. The number of halogens is 1. The molecule has 0 saturated carbocycles. The van der Waals surface area contributed by atoms with Crippen LogP contribution in [0.3, 0.4) is 0 Å². The van der Waals surface area contributed by atoms with Crippen molar-refractivity contribution >= 4 is 34.6 Å². The third-order valence-electron chi connectivity index (χ3n) is 3.83. The molecule has 0 heterocycles. The number of nitrogens with zero attached hydrogens (tertiary/aromatic N) is 3. The first-order valence-corrected chi connectivity index (χ1v) is 8.31. The predicted octanol–water partition coefficient (Wildman–Crippen LogP) is 3.62. The van der Waals surface area contributed by atoms with Crippen LogP contribution in [0.4, 0.5) is 17.1 Å². The van der Waals surface area contributed by atoms with E-state index in [0.717, 1.165) is 0 Å². The molecule has 0 aliphatic carbocycles. The average molecular weight is 393 g/mol. The van der Waals surface area contributed by atoms with Crippen molar-refractivity contribution in [3.63, 3.8) is 0 Å². The lowest BCUT2D eigenvalue weighted by molar-refractivity contribution is -0.385. The molecule has 2 aromatic carbocycles. The van der Waals surface area contributed by atoms with Crippen LogP contribution in [0.1, 0.15) is 12.0 Å². The summed E-state index contributed by atoms with van der Waals surface area (Å²) in [4.78, 5) is 34.5. The van der Waals surface area contributed by atoms with Crippen LogP contribution in [0, 0.1) is 20.2 Å². The lowest BCUT2D eigenvalue weighted by atomic mass is 10.2. The highest BCUT2D eigenvalue weighted by molar-refractivity contribution is 6.31. The van der Waals surface area contributed by atoms with Gasteiger partial charge in [0.05, 0.1) is 9.85 Å². The molecule has 9 nitrogen and oxygen atoms in total. The van der Waals surface area contributed by atoms with Gasteiger partial charge in [0.25, 0.3) is 11.4 Å². The monoisotopic (exact) mass is 392 g/mol. The van der Waals surface area contributed by atoms with Gasteiger partial charge in [-0.3, -0.25) is 25.0 Å². The Balaban J connectivity index is 1.94. The molecule has 0 unspecified atom stereocenters. The molecular formula is C17H17ClN4O5. The zero-order valence-corrected chi connectivity index (χ0v) is 15.2. The molecule has 2 rings (SSSR count). The number of nitrogens with one attached hydrogen (secondary N) is 1. The van der Waals surface area contributed by atoms with Gasteiger partial charge >= 0.3 is 0 Å². The standard InChI is InChI=1S/C17H17ClN4O5/c1-20(11-12-10-13(21(24)25)6-7-14(12)18)17(23)8-9-19-15-4-2-3-5-16(15)22(26)27/h2-7,10,19H,8-9,11H2,1H3. The van der Waals surface area contributed by atoms with Crippen LogP contribution in [0.5, 0.6) is 0 Å². The van der Waals surface area contributed by atoms with Crippen molar-refractivity contribution in [3.8, 4) is 0 Å². The second-order valence-corrected chi connectivity index (χ2v) is 6.14. The number of nitro benzene ring substituents is 2. The molecule has 0 radical (unpaired) electrons. The summed E-state index contributed by atoms with van der Waals surface area (Å²) in [6.45, 7) is 0.321. The number of carbonyl (C=O) groups is 1. The van der Waals surface area contributed by atoms with E-state index in [-0.39, 0.29) is 36.8 Å². The first-order valence-electron chi connectivity index (χ1n) is 7.93. The maximum Gasteiger partial charge on any atom is 0.292 e. The number of hydrogen-bond acceptors (Lipinski definition) is 6. The van der Waals surface area contributed by atoms with Crippen LogP contribution < -0.4 is 5.32 Å². The highest BCUT2D eigenvalue weighted by Gasteiger charge is 2.16. The Hall–Kier alpha value is -3.20. The van der Waals surface area contributed by atoms with Gasteiger partial charge in [0.2, 0.25) is 5.91 Å². The quantitative estimate of drug-likeness (QED) is 0.541. The largest absolute Gasteiger partial charge is 0.379 e. The van der Waals surface area contributed by atoms with Gasteiger partial charge < -0.3 is 10.2 Å². The van der Waals surface area contributed by atoms with E-state index in [1.165, 1.54) is 29.2 Å². The van der Waals surface area contributed by atoms with Crippen molar-refractivity contribution in [3.05, 3.63) is 73.3 Å². The molecule has 0 aromatic heterocycles. The Morgan fingerprint density at radius 2 is 1.85 bits per heavy atom. The molecule has 0 spiro atoms. The number of carbonyl (C=O) groups excluding carboxylic acids is 1. The molecule has 0 bridgehead atoms. The lowest BCUT2D eigenvalue weighted by Gasteiger charge is -2.18. The van der Waals surface area contributed by atoms with Crippen molar-refractivity contribution in [2.75, 3.05) is 18.9 Å². The molecule has 27 heavy (non-hydrogen) atoms. The van der Waals surface area contributed by atoms with Crippen LogP contribution in [-0.2, 0) is 11.3 Å². The highest BCUT2D eigenvalue weighted by Crippen LogP contribution is 2.24. The van der Waals surface area contributed by atoms with Crippen molar-refractivity contribution in [1.29, 1.82) is 0 Å². The fourth-order valence-corrected chi connectivity index (χ4v) is 2.59. The van der Waals surface area contributed by atoms with E-state index in [9.17, 15) is 25.0 Å². The second kappa shape index (κ2) is 8.95. The Bertz CT molecular complexity index is 874. The number of anilines is 1. The van der Waals surface area contributed by atoms with Crippen molar-refractivity contribution in [1.82, 2.24) is 4.90 Å². The second-order valence-electron chi connectivity index (χ2n) is 5.73. The molecule has 142 valence electrons. The van der Waals surface area contributed by atoms with Crippen LogP contribution >= 0.6 is 11.6 Å². The van der Waals surface area contributed by atoms with Gasteiger partial charge in [0.15, 0.2) is 0 Å².